The minimum atomic E-state index is 0.380. The third kappa shape index (κ3) is 2.62. The molecule has 0 bridgehead atoms. The Morgan fingerprint density at radius 1 is 1.14 bits per heavy atom. The maximum absolute atomic E-state index is 6.26. The number of rotatable bonds is 2. The minimum Gasteiger partial charge on any atom is -0.340 e. The highest BCUT2D eigenvalue weighted by molar-refractivity contribution is 6.32. The lowest BCUT2D eigenvalue weighted by Gasteiger charge is -2.34. The quantitative estimate of drug-likeness (QED) is 0.850. The van der Waals surface area contributed by atoms with Gasteiger partial charge in [0.1, 0.15) is 0 Å². The number of nitrogens with zero attached hydrogens (tertiary/aromatic N) is 4. The molecule has 0 atom stereocenters. The number of fused-ring (bicyclic) bond motifs is 1. The molecule has 1 aliphatic rings. The Balaban J connectivity index is 2.11. The Bertz CT molecular complexity index is 654. The Morgan fingerprint density at radius 2 is 1.81 bits per heavy atom. The van der Waals surface area contributed by atoms with Crippen LogP contribution in [-0.2, 0) is 0 Å². The van der Waals surface area contributed by atoms with Gasteiger partial charge in [-0.25, -0.2) is 4.98 Å². The van der Waals surface area contributed by atoms with E-state index < -0.39 is 0 Å². The van der Waals surface area contributed by atoms with Crippen molar-refractivity contribution in [2.75, 3.05) is 38.1 Å². The van der Waals surface area contributed by atoms with E-state index in [9.17, 15) is 0 Å². The third-order valence-corrected chi connectivity index (χ3v) is 4.66. The molecule has 21 heavy (non-hydrogen) atoms. The van der Waals surface area contributed by atoms with Crippen molar-refractivity contribution >= 4 is 28.6 Å². The SMILES string of the molecule is Cc1cc2c(cc1Cl)nc(N1CCN(C)CC1)n2C(C)C. The van der Waals surface area contributed by atoms with Crippen LogP contribution in [0.1, 0.15) is 25.5 Å². The number of piperazine rings is 1. The molecule has 114 valence electrons. The number of anilines is 1. The van der Waals surface area contributed by atoms with Gasteiger partial charge in [0.05, 0.1) is 11.0 Å². The molecule has 0 amide bonds. The van der Waals surface area contributed by atoms with Crippen molar-refractivity contribution in [2.24, 2.45) is 0 Å². The fraction of sp³-hybridized carbons (Fsp3) is 0.562. The van der Waals surface area contributed by atoms with E-state index in [-0.39, 0.29) is 0 Å². The topological polar surface area (TPSA) is 24.3 Å². The first-order chi connectivity index (χ1) is 9.97. The average molecular weight is 307 g/mol. The highest BCUT2D eigenvalue weighted by Crippen LogP contribution is 2.30. The normalized spacial score (nSPS) is 17.1. The van der Waals surface area contributed by atoms with Crippen LogP contribution in [-0.4, -0.2) is 47.7 Å². The van der Waals surface area contributed by atoms with E-state index in [4.69, 9.17) is 16.6 Å². The van der Waals surface area contributed by atoms with Crippen LogP contribution in [0.25, 0.3) is 11.0 Å². The van der Waals surface area contributed by atoms with Crippen molar-refractivity contribution in [3.05, 3.63) is 22.7 Å². The van der Waals surface area contributed by atoms with Gasteiger partial charge in [0.15, 0.2) is 0 Å². The number of aromatic nitrogens is 2. The van der Waals surface area contributed by atoms with Crippen molar-refractivity contribution in [1.29, 1.82) is 0 Å². The largest absolute Gasteiger partial charge is 0.340 e. The van der Waals surface area contributed by atoms with Crippen LogP contribution in [0.5, 0.6) is 0 Å². The lowest BCUT2D eigenvalue weighted by molar-refractivity contribution is 0.309. The van der Waals surface area contributed by atoms with Gasteiger partial charge in [0.25, 0.3) is 0 Å². The average Bonchev–Trinajstić information content (AvgIpc) is 2.78. The highest BCUT2D eigenvalue weighted by atomic mass is 35.5. The molecule has 1 aromatic heterocycles. The second kappa shape index (κ2) is 5.50. The maximum atomic E-state index is 6.26. The van der Waals surface area contributed by atoms with Crippen LogP contribution in [0.3, 0.4) is 0 Å². The van der Waals surface area contributed by atoms with Gasteiger partial charge in [0.2, 0.25) is 5.95 Å². The Morgan fingerprint density at radius 3 is 2.43 bits per heavy atom. The summed E-state index contributed by atoms with van der Waals surface area (Å²) in [6, 6.07) is 4.53. The first-order valence-electron chi connectivity index (χ1n) is 7.59. The second-order valence-electron chi connectivity index (χ2n) is 6.26. The monoisotopic (exact) mass is 306 g/mol. The third-order valence-electron chi connectivity index (χ3n) is 4.25. The predicted octanol–water partition coefficient (Wildman–Crippen LogP) is 3.33. The van der Waals surface area contributed by atoms with Gasteiger partial charge in [-0.3, -0.25) is 0 Å². The zero-order valence-electron chi connectivity index (χ0n) is 13.2. The van der Waals surface area contributed by atoms with Crippen molar-refractivity contribution in [1.82, 2.24) is 14.5 Å². The predicted molar refractivity (Wildman–Crippen MR) is 89.6 cm³/mol. The summed E-state index contributed by atoms with van der Waals surface area (Å²) in [6.45, 7) is 10.7. The molecule has 0 saturated carbocycles. The molecule has 0 N–H and O–H groups in total. The summed E-state index contributed by atoms with van der Waals surface area (Å²) in [5, 5.41) is 0.792. The minimum absolute atomic E-state index is 0.380. The van der Waals surface area contributed by atoms with Crippen LogP contribution in [0.2, 0.25) is 5.02 Å². The number of imidazole rings is 1. The van der Waals surface area contributed by atoms with Crippen LogP contribution in [0.15, 0.2) is 12.1 Å². The number of aryl methyl sites for hydroxylation is 1. The van der Waals surface area contributed by atoms with E-state index in [1.807, 2.05) is 6.07 Å². The van der Waals surface area contributed by atoms with E-state index in [0.29, 0.717) is 6.04 Å². The summed E-state index contributed by atoms with van der Waals surface area (Å²) in [6.07, 6.45) is 0. The molecule has 0 radical (unpaired) electrons. The number of hydrogen-bond donors (Lipinski definition) is 0. The lowest BCUT2D eigenvalue weighted by atomic mass is 10.2. The summed E-state index contributed by atoms with van der Waals surface area (Å²) in [5.74, 6) is 1.08. The fourth-order valence-electron chi connectivity index (χ4n) is 2.95. The molecule has 1 aromatic carbocycles. The molecular weight excluding hydrogens is 284 g/mol. The molecule has 2 heterocycles. The Hall–Kier alpha value is -1.26. The molecule has 1 aliphatic heterocycles. The van der Waals surface area contributed by atoms with Gasteiger partial charge in [-0.1, -0.05) is 11.6 Å². The fourth-order valence-corrected chi connectivity index (χ4v) is 3.10. The smallest absolute Gasteiger partial charge is 0.206 e. The van der Waals surface area contributed by atoms with Gasteiger partial charge in [0, 0.05) is 37.2 Å². The summed E-state index contributed by atoms with van der Waals surface area (Å²) < 4.78 is 2.34. The van der Waals surface area contributed by atoms with E-state index in [0.717, 1.165) is 48.2 Å². The zero-order chi connectivity index (χ0) is 15.1. The highest BCUT2D eigenvalue weighted by Gasteiger charge is 2.22. The van der Waals surface area contributed by atoms with Crippen molar-refractivity contribution < 1.29 is 0 Å². The lowest BCUT2D eigenvalue weighted by Crippen LogP contribution is -2.45. The maximum Gasteiger partial charge on any atom is 0.206 e. The molecule has 1 saturated heterocycles. The number of halogens is 1. The number of hydrogen-bond acceptors (Lipinski definition) is 3. The Labute approximate surface area is 131 Å². The van der Waals surface area contributed by atoms with Crippen molar-refractivity contribution in [3.8, 4) is 0 Å². The molecule has 1 fully saturated rings. The van der Waals surface area contributed by atoms with Gasteiger partial charge in [-0.2, -0.15) is 0 Å². The van der Waals surface area contributed by atoms with Crippen molar-refractivity contribution in [2.45, 2.75) is 26.8 Å². The molecule has 2 aromatic rings. The second-order valence-corrected chi connectivity index (χ2v) is 6.66. The van der Waals surface area contributed by atoms with Crippen LogP contribution in [0.4, 0.5) is 5.95 Å². The van der Waals surface area contributed by atoms with Gasteiger partial charge < -0.3 is 14.4 Å². The molecule has 0 unspecified atom stereocenters. The summed E-state index contributed by atoms with van der Waals surface area (Å²) in [7, 11) is 2.17. The van der Waals surface area contributed by atoms with Gasteiger partial charge >= 0.3 is 0 Å². The van der Waals surface area contributed by atoms with Crippen LogP contribution >= 0.6 is 11.6 Å². The van der Waals surface area contributed by atoms with Gasteiger partial charge in [-0.05, 0) is 45.5 Å². The molecule has 3 rings (SSSR count). The summed E-state index contributed by atoms with van der Waals surface area (Å²) in [5.41, 5.74) is 3.28. The van der Waals surface area contributed by atoms with Crippen LogP contribution in [0, 0.1) is 6.92 Å². The molecular formula is C16H23ClN4. The van der Waals surface area contributed by atoms with E-state index in [1.54, 1.807) is 0 Å². The van der Waals surface area contributed by atoms with Crippen molar-refractivity contribution in [3.63, 3.8) is 0 Å². The van der Waals surface area contributed by atoms with Crippen LogP contribution < -0.4 is 4.90 Å². The first-order valence-corrected chi connectivity index (χ1v) is 7.96. The standard InChI is InChI=1S/C16H23ClN4/c1-11(2)21-15-9-12(3)13(17)10-14(15)18-16(21)20-7-5-19(4)6-8-20/h9-11H,5-8H2,1-4H3. The zero-order valence-corrected chi connectivity index (χ0v) is 14.0. The molecule has 5 heteroatoms. The summed E-state index contributed by atoms with van der Waals surface area (Å²) in [4.78, 5) is 9.62. The Kier molecular flexibility index (Phi) is 3.84. The molecule has 0 aliphatic carbocycles. The van der Waals surface area contributed by atoms with E-state index in [2.05, 4.69) is 48.3 Å². The van der Waals surface area contributed by atoms with E-state index in [1.165, 1.54) is 5.52 Å². The molecule has 4 nitrogen and oxygen atoms in total. The van der Waals surface area contributed by atoms with Gasteiger partial charge in [-0.15, -0.1) is 0 Å². The summed E-state index contributed by atoms with van der Waals surface area (Å²) >= 11 is 6.26. The number of benzene rings is 1. The van der Waals surface area contributed by atoms with E-state index >= 15 is 0 Å². The molecule has 0 spiro atoms. The number of likely N-dealkylation sites (N-methyl/N-ethyl adjacent to an activating group) is 1. The first kappa shape index (κ1) is 14.7.